The van der Waals surface area contributed by atoms with Crippen LogP contribution in [0.15, 0.2) is 33.6 Å². The summed E-state index contributed by atoms with van der Waals surface area (Å²) in [7, 11) is 0. The molecule has 0 radical (unpaired) electrons. The van der Waals surface area contributed by atoms with Crippen molar-refractivity contribution < 1.29 is 13.9 Å². The maximum absolute atomic E-state index is 11.6. The molecule has 1 aromatic carbocycles. The fourth-order valence-electron chi connectivity index (χ4n) is 1.53. The fourth-order valence-corrected chi connectivity index (χ4v) is 1.94. The average Bonchev–Trinajstić information content (AvgIpc) is 2.81. The maximum Gasteiger partial charge on any atom is 0.362 e. The molecule has 2 rings (SSSR count). The molecule has 1 aromatic heterocycles. The van der Waals surface area contributed by atoms with E-state index < -0.39 is 5.97 Å². The van der Waals surface area contributed by atoms with Crippen molar-refractivity contribution in [2.45, 2.75) is 11.8 Å². The van der Waals surface area contributed by atoms with Gasteiger partial charge in [-0.25, -0.2) is 4.79 Å². The van der Waals surface area contributed by atoms with E-state index >= 15 is 0 Å². The van der Waals surface area contributed by atoms with E-state index in [0.717, 1.165) is 10.5 Å². The minimum Gasteiger partial charge on any atom is -0.461 e. The lowest BCUT2D eigenvalue weighted by Crippen LogP contribution is -2.07. The molecule has 0 saturated heterocycles. The summed E-state index contributed by atoms with van der Waals surface area (Å²) >= 11 is 1.64. The standard InChI is InChI=1S/C13H14N2O3S/c1-3-17-13(16)10-11(14)18-12(15-10)8-4-6-9(19-2)7-5-8/h4-7H,3,14H2,1-2H3. The predicted molar refractivity (Wildman–Crippen MR) is 74.1 cm³/mol. The number of thioether (sulfide) groups is 1. The number of anilines is 1. The van der Waals surface area contributed by atoms with Gasteiger partial charge in [0, 0.05) is 10.5 Å². The number of ether oxygens (including phenoxy) is 1. The van der Waals surface area contributed by atoms with Crippen LogP contribution in [-0.4, -0.2) is 23.8 Å². The number of hydrogen-bond donors (Lipinski definition) is 1. The van der Waals surface area contributed by atoms with Crippen LogP contribution in [0, 0.1) is 0 Å². The SMILES string of the molecule is CCOC(=O)c1nc(-c2ccc(SC)cc2)oc1N. The van der Waals surface area contributed by atoms with E-state index in [2.05, 4.69) is 4.98 Å². The van der Waals surface area contributed by atoms with Gasteiger partial charge in [0.25, 0.3) is 0 Å². The highest BCUT2D eigenvalue weighted by molar-refractivity contribution is 7.98. The molecule has 2 aromatic rings. The van der Waals surface area contributed by atoms with Gasteiger partial charge in [-0.3, -0.25) is 0 Å². The summed E-state index contributed by atoms with van der Waals surface area (Å²) in [6.45, 7) is 1.99. The molecule has 0 saturated carbocycles. The second kappa shape index (κ2) is 5.79. The summed E-state index contributed by atoms with van der Waals surface area (Å²) in [6, 6.07) is 7.63. The molecule has 0 unspecified atom stereocenters. The number of nitrogens with zero attached hydrogens (tertiary/aromatic N) is 1. The molecule has 0 bridgehead atoms. The van der Waals surface area contributed by atoms with Gasteiger partial charge < -0.3 is 14.9 Å². The highest BCUT2D eigenvalue weighted by Crippen LogP contribution is 2.26. The Morgan fingerprint density at radius 2 is 2.11 bits per heavy atom. The Morgan fingerprint density at radius 3 is 2.68 bits per heavy atom. The molecule has 0 aliphatic rings. The van der Waals surface area contributed by atoms with Crippen molar-refractivity contribution in [2.24, 2.45) is 0 Å². The molecule has 0 amide bonds. The van der Waals surface area contributed by atoms with Crippen molar-refractivity contribution in [1.82, 2.24) is 4.98 Å². The molecule has 19 heavy (non-hydrogen) atoms. The van der Waals surface area contributed by atoms with Crippen molar-refractivity contribution >= 4 is 23.6 Å². The number of nitrogens with two attached hydrogens (primary N) is 1. The van der Waals surface area contributed by atoms with E-state index in [9.17, 15) is 4.79 Å². The molecule has 5 nitrogen and oxygen atoms in total. The molecule has 0 spiro atoms. The van der Waals surface area contributed by atoms with E-state index in [1.165, 1.54) is 0 Å². The number of aromatic nitrogens is 1. The third kappa shape index (κ3) is 2.90. The highest BCUT2D eigenvalue weighted by atomic mass is 32.2. The van der Waals surface area contributed by atoms with E-state index in [-0.39, 0.29) is 18.2 Å². The zero-order valence-electron chi connectivity index (χ0n) is 10.7. The van der Waals surface area contributed by atoms with Gasteiger partial charge in [0.2, 0.25) is 17.5 Å². The maximum atomic E-state index is 11.6. The summed E-state index contributed by atoms with van der Waals surface area (Å²) in [4.78, 5) is 16.8. The lowest BCUT2D eigenvalue weighted by Gasteiger charge is -1.97. The second-order valence-corrected chi connectivity index (χ2v) is 4.56. The Balaban J connectivity index is 2.30. The van der Waals surface area contributed by atoms with Gasteiger partial charge in [0.1, 0.15) is 0 Å². The second-order valence-electron chi connectivity index (χ2n) is 3.68. The quantitative estimate of drug-likeness (QED) is 0.684. The number of benzene rings is 1. The zero-order valence-corrected chi connectivity index (χ0v) is 11.5. The highest BCUT2D eigenvalue weighted by Gasteiger charge is 2.19. The van der Waals surface area contributed by atoms with Crippen LogP contribution in [0.25, 0.3) is 11.5 Å². The van der Waals surface area contributed by atoms with Crippen LogP contribution in [-0.2, 0) is 4.74 Å². The fraction of sp³-hybridized carbons (Fsp3) is 0.231. The van der Waals surface area contributed by atoms with Gasteiger partial charge in [-0.1, -0.05) is 0 Å². The summed E-state index contributed by atoms with van der Waals surface area (Å²) < 4.78 is 10.2. The number of esters is 1. The number of nitrogen functional groups attached to an aromatic ring is 1. The first kappa shape index (κ1) is 13.5. The van der Waals surface area contributed by atoms with Crippen LogP contribution < -0.4 is 5.73 Å². The van der Waals surface area contributed by atoms with Crippen LogP contribution in [0.1, 0.15) is 17.4 Å². The van der Waals surface area contributed by atoms with Crippen LogP contribution in [0.4, 0.5) is 5.88 Å². The van der Waals surface area contributed by atoms with E-state index in [0.29, 0.717) is 5.89 Å². The third-order valence-corrected chi connectivity index (χ3v) is 3.20. The molecular weight excluding hydrogens is 264 g/mol. The van der Waals surface area contributed by atoms with Gasteiger partial charge >= 0.3 is 5.97 Å². The van der Waals surface area contributed by atoms with Gasteiger partial charge in [0.15, 0.2) is 0 Å². The van der Waals surface area contributed by atoms with Crippen molar-refractivity contribution in [3.8, 4) is 11.5 Å². The number of carbonyl (C=O) groups excluding carboxylic acids is 1. The van der Waals surface area contributed by atoms with E-state index in [1.54, 1.807) is 18.7 Å². The molecular formula is C13H14N2O3S. The summed E-state index contributed by atoms with van der Waals surface area (Å²) in [5.41, 5.74) is 6.42. The molecule has 2 N–H and O–H groups in total. The first-order valence-corrected chi connectivity index (χ1v) is 6.96. The number of hydrogen-bond acceptors (Lipinski definition) is 6. The average molecular weight is 278 g/mol. The molecule has 6 heteroatoms. The van der Waals surface area contributed by atoms with Gasteiger partial charge in [-0.05, 0) is 37.4 Å². The number of carbonyl (C=O) groups is 1. The first-order valence-electron chi connectivity index (χ1n) is 5.73. The Hall–Kier alpha value is -1.95. The summed E-state index contributed by atoms with van der Waals surface area (Å²) in [6.07, 6.45) is 2.00. The van der Waals surface area contributed by atoms with E-state index in [4.69, 9.17) is 14.9 Å². The van der Waals surface area contributed by atoms with Crippen molar-refractivity contribution in [3.63, 3.8) is 0 Å². The van der Waals surface area contributed by atoms with Crippen LogP contribution in [0.3, 0.4) is 0 Å². The van der Waals surface area contributed by atoms with Crippen molar-refractivity contribution in [2.75, 3.05) is 18.6 Å². The van der Waals surface area contributed by atoms with Crippen LogP contribution in [0.2, 0.25) is 0 Å². The molecule has 100 valence electrons. The monoisotopic (exact) mass is 278 g/mol. The minimum absolute atomic E-state index is 0.0193. The predicted octanol–water partition coefficient (Wildman–Crippen LogP) is 2.82. The Morgan fingerprint density at radius 1 is 1.42 bits per heavy atom. The smallest absolute Gasteiger partial charge is 0.362 e. The Labute approximate surface area is 115 Å². The molecule has 1 heterocycles. The minimum atomic E-state index is -0.573. The van der Waals surface area contributed by atoms with Crippen LogP contribution in [0.5, 0.6) is 0 Å². The molecule has 0 fully saturated rings. The lowest BCUT2D eigenvalue weighted by atomic mass is 10.2. The van der Waals surface area contributed by atoms with Crippen molar-refractivity contribution in [1.29, 1.82) is 0 Å². The zero-order chi connectivity index (χ0) is 13.8. The summed E-state index contributed by atoms with van der Waals surface area (Å²) in [5.74, 6) is -0.286. The first-order chi connectivity index (χ1) is 9.15. The lowest BCUT2D eigenvalue weighted by molar-refractivity contribution is 0.0521. The molecule has 0 aliphatic heterocycles. The van der Waals surface area contributed by atoms with Gasteiger partial charge in [-0.15, -0.1) is 11.8 Å². The third-order valence-electron chi connectivity index (χ3n) is 2.46. The Bertz CT molecular complexity index is 578. The normalized spacial score (nSPS) is 10.4. The van der Waals surface area contributed by atoms with E-state index in [1.807, 2.05) is 30.5 Å². The van der Waals surface area contributed by atoms with Crippen molar-refractivity contribution in [3.05, 3.63) is 30.0 Å². The topological polar surface area (TPSA) is 78.3 Å². The number of oxazole rings is 1. The summed E-state index contributed by atoms with van der Waals surface area (Å²) in [5, 5.41) is 0. The van der Waals surface area contributed by atoms with Gasteiger partial charge in [-0.2, -0.15) is 4.98 Å². The molecule has 0 aliphatic carbocycles. The Kier molecular flexibility index (Phi) is 4.11. The molecule has 0 atom stereocenters. The van der Waals surface area contributed by atoms with Gasteiger partial charge in [0.05, 0.1) is 6.61 Å². The van der Waals surface area contributed by atoms with Crippen LogP contribution >= 0.6 is 11.8 Å². The largest absolute Gasteiger partial charge is 0.461 e. The number of rotatable bonds is 4.